The Morgan fingerprint density at radius 3 is 2.68 bits per heavy atom. The van der Waals surface area contributed by atoms with E-state index >= 15 is 0 Å². The number of para-hydroxylation sites is 1. The van der Waals surface area contributed by atoms with Gasteiger partial charge < -0.3 is 19.8 Å². The van der Waals surface area contributed by atoms with Gasteiger partial charge in [0.1, 0.15) is 5.76 Å². The van der Waals surface area contributed by atoms with Crippen molar-refractivity contribution in [1.82, 2.24) is 5.32 Å². The van der Waals surface area contributed by atoms with E-state index in [0.717, 1.165) is 11.8 Å². The molecule has 0 saturated carbocycles. The van der Waals surface area contributed by atoms with Crippen LogP contribution in [0.2, 0.25) is 0 Å². The number of hydrogen-bond donors (Lipinski definition) is 1. The smallest absolute Gasteiger partial charge is 0.253 e. The number of carbonyl (C=O) groups excluding carboxylic acids is 2. The second-order valence-corrected chi connectivity index (χ2v) is 6.88. The third-order valence-corrected chi connectivity index (χ3v) is 5.02. The Bertz CT molecular complexity index is 960. The molecule has 0 saturated heterocycles. The standard InChI is InChI=1S/C20H19N3O4S/c1-22(18(24)14-28-19-10-4-5-11-23(19)26)17-9-3-2-8-16(17)20(25)21-13-15-7-6-12-27-15/h2-12H,13-14H2,1H3,(H,21,25). The lowest BCUT2D eigenvalue weighted by Gasteiger charge is -2.20. The maximum absolute atomic E-state index is 12.6. The summed E-state index contributed by atoms with van der Waals surface area (Å²) in [4.78, 5) is 26.6. The summed E-state index contributed by atoms with van der Waals surface area (Å²) in [5.74, 6) is 0.186. The number of nitrogens with zero attached hydrogens (tertiary/aromatic N) is 2. The Morgan fingerprint density at radius 2 is 1.93 bits per heavy atom. The van der Waals surface area contributed by atoms with Gasteiger partial charge in [0.2, 0.25) is 5.91 Å². The van der Waals surface area contributed by atoms with Crippen molar-refractivity contribution in [2.45, 2.75) is 11.6 Å². The Balaban J connectivity index is 1.67. The molecule has 7 nitrogen and oxygen atoms in total. The van der Waals surface area contributed by atoms with Crippen molar-refractivity contribution in [3.63, 3.8) is 0 Å². The molecule has 2 amide bonds. The van der Waals surface area contributed by atoms with Crippen LogP contribution < -0.4 is 14.9 Å². The molecular weight excluding hydrogens is 378 g/mol. The summed E-state index contributed by atoms with van der Waals surface area (Å²) < 4.78 is 5.93. The monoisotopic (exact) mass is 397 g/mol. The fourth-order valence-corrected chi connectivity index (χ4v) is 3.35. The van der Waals surface area contributed by atoms with Gasteiger partial charge in [-0.05, 0) is 42.1 Å². The van der Waals surface area contributed by atoms with Gasteiger partial charge in [-0.1, -0.05) is 12.1 Å². The molecule has 0 aliphatic heterocycles. The summed E-state index contributed by atoms with van der Waals surface area (Å²) >= 11 is 1.15. The largest absolute Gasteiger partial charge is 0.618 e. The van der Waals surface area contributed by atoms with E-state index < -0.39 is 0 Å². The van der Waals surface area contributed by atoms with Crippen molar-refractivity contribution in [2.24, 2.45) is 0 Å². The van der Waals surface area contributed by atoms with E-state index in [1.165, 1.54) is 17.4 Å². The number of pyridine rings is 1. The van der Waals surface area contributed by atoms with Crippen molar-refractivity contribution < 1.29 is 18.7 Å². The number of nitrogens with one attached hydrogen (secondary N) is 1. The van der Waals surface area contributed by atoms with Crippen LogP contribution in [0.3, 0.4) is 0 Å². The number of rotatable bonds is 7. The van der Waals surface area contributed by atoms with Gasteiger partial charge in [0, 0.05) is 19.2 Å². The zero-order valence-corrected chi connectivity index (χ0v) is 16.0. The van der Waals surface area contributed by atoms with E-state index in [1.807, 2.05) is 0 Å². The third kappa shape index (κ3) is 4.72. The average molecular weight is 397 g/mol. The fourth-order valence-electron chi connectivity index (χ4n) is 2.53. The molecule has 8 heteroatoms. The van der Waals surface area contributed by atoms with Crippen LogP contribution in [0.15, 0.2) is 76.5 Å². The first kappa shape index (κ1) is 19.5. The summed E-state index contributed by atoms with van der Waals surface area (Å²) in [6, 6.07) is 15.4. The molecular formula is C20H19N3O4S. The maximum atomic E-state index is 12.6. The minimum atomic E-state index is -0.306. The van der Waals surface area contributed by atoms with E-state index in [9.17, 15) is 14.8 Å². The van der Waals surface area contributed by atoms with Gasteiger partial charge in [0.25, 0.3) is 10.9 Å². The average Bonchev–Trinajstić information content (AvgIpc) is 3.24. The lowest BCUT2D eigenvalue weighted by Crippen LogP contribution is -2.33. The Labute approximate surface area is 166 Å². The van der Waals surface area contributed by atoms with Crippen molar-refractivity contribution in [2.75, 3.05) is 17.7 Å². The lowest BCUT2D eigenvalue weighted by molar-refractivity contribution is -0.645. The quantitative estimate of drug-likeness (QED) is 0.376. The molecule has 0 atom stereocenters. The number of thioether (sulfide) groups is 1. The molecule has 3 rings (SSSR count). The summed E-state index contributed by atoms with van der Waals surface area (Å²) in [6.45, 7) is 0.255. The van der Waals surface area contributed by atoms with Gasteiger partial charge in [0.05, 0.1) is 29.8 Å². The van der Waals surface area contributed by atoms with Crippen molar-refractivity contribution in [3.8, 4) is 0 Å². The van der Waals surface area contributed by atoms with Gasteiger partial charge in [-0.2, -0.15) is 4.73 Å². The van der Waals surface area contributed by atoms with Crippen LogP contribution in [0.25, 0.3) is 0 Å². The molecule has 1 N–H and O–H groups in total. The van der Waals surface area contributed by atoms with Crippen LogP contribution in [0.1, 0.15) is 16.1 Å². The number of anilines is 1. The maximum Gasteiger partial charge on any atom is 0.253 e. The molecule has 144 valence electrons. The lowest BCUT2D eigenvalue weighted by atomic mass is 10.1. The predicted molar refractivity (Wildman–Crippen MR) is 106 cm³/mol. The SMILES string of the molecule is CN(C(=O)CSc1cccc[n+]1[O-])c1ccccc1C(=O)NCc1ccco1. The topological polar surface area (TPSA) is 89.5 Å². The number of hydrogen-bond acceptors (Lipinski definition) is 5. The number of carbonyl (C=O) groups is 2. The first-order valence-electron chi connectivity index (χ1n) is 8.53. The van der Waals surface area contributed by atoms with Crippen molar-refractivity contribution in [1.29, 1.82) is 0 Å². The normalized spacial score (nSPS) is 10.5. The summed E-state index contributed by atoms with van der Waals surface area (Å²) in [7, 11) is 1.61. The van der Waals surface area contributed by atoms with Crippen LogP contribution >= 0.6 is 11.8 Å². The number of furan rings is 1. The van der Waals surface area contributed by atoms with E-state index in [2.05, 4.69) is 5.32 Å². The second kappa shape index (κ2) is 9.09. The fraction of sp³-hybridized carbons (Fsp3) is 0.150. The highest BCUT2D eigenvalue weighted by Gasteiger charge is 2.19. The van der Waals surface area contributed by atoms with Crippen LogP contribution in [-0.2, 0) is 11.3 Å². The molecule has 3 aromatic rings. The zero-order chi connectivity index (χ0) is 19.9. The third-order valence-electron chi connectivity index (χ3n) is 4.02. The first-order valence-corrected chi connectivity index (χ1v) is 9.52. The Morgan fingerprint density at radius 1 is 1.14 bits per heavy atom. The molecule has 1 aromatic carbocycles. The predicted octanol–water partition coefficient (Wildman–Crippen LogP) is 2.60. The number of amides is 2. The van der Waals surface area contributed by atoms with Gasteiger partial charge in [-0.15, -0.1) is 0 Å². The molecule has 0 spiro atoms. The van der Waals surface area contributed by atoms with E-state index in [1.54, 1.807) is 61.6 Å². The molecule has 28 heavy (non-hydrogen) atoms. The van der Waals surface area contributed by atoms with Gasteiger partial charge in [-0.25, -0.2) is 0 Å². The Hall–Kier alpha value is -3.26. The summed E-state index contributed by atoms with van der Waals surface area (Å²) in [5, 5.41) is 14.9. The van der Waals surface area contributed by atoms with Crippen LogP contribution in [0.5, 0.6) is 0 Å². The summed E-state index contributed by atoms with van der Waals surface area (Å²) in [6.07, 6.45) is 2.92. The first-order chi connectivity index (χ1) is 13.6. The molecule has 0 bridgehead atoms. The van der Waals surface area contributed by atoms with Crippen LogP contribution in [0.4, 0.5) is 5.69 Å². The van der Waals surface area contributed by atoms with Gasteiger partial charge >= 0.3 is 0 Å². The van der Waals surface area contributed by atoms with E-state index in [0.29, 0.717) is 26.8 Å². The van der Waals surface area contributed by atoms with Crippen LogP contribution in [0, 0.1) is 5.21 Å². The minimum absolute atomic E-state index is 0.0745. The molecule has 0 unspecified atom stereocenters. The molecule has 0 aliphatic carbocycles. The molecule has 0 radical (unpaired) electrons. The number of benzene rings is 1. The van der Waals surface area contributed by atoms with E-state index in [-0.39, 0.29) is 24.1 Å². The van der Waals surface area contributed by atoms with Gasteiger partial charge in [0.15, 0.2) is 6.20 Å². The van der Waals surface area contributed by atoms with Crippen LogP contribution in [-0.4, -0.2) is 24.6 Å². The molecule has 2 heterocycles. The van der Waals surface area contributed by atoms with Crippen molar-refractivity contribution >= 4 is 29.3 Å². The molecule has 0 aliphatic rings. The molecule has 2 aromatic heterocycles. The van der Waals surface area contributed by atoms with E-state index in [4.69, 9.17) is 4.42 Å². The summed E-state index contributed by atoms with van der Waals surface area (Å²) in [5.41, 5.74) is 0.876. The second-order valence-electron chi connectivity index (χ2n) is 5.89. The van der Waals surface area contributed by atoms with Gasteiger partial charge in [-0.3, -0.25) is 9.59 Å². The minimum Gasteiger partial charge on any atom is -0.618 e. The molecule has 0 fully saturated rings. The highest BCUT2D eigenvalue weighted by Crippen LogP contribution is 2.21. The highest BCUT2D eigenvalue weighted by atomic mass is 32.2. The highest BCUT2D eigenvalue weighted by molar-refractivity contribution is 7.99. The zero-order valence-electron chi connectivity index (χ0n) is 15.2. The van der Waals surface area contributed by atoms with Crippen molar-refractivity contribution in [3.05, 3.63) is 83.6 Å². The Kier molecular flexibility index (Phi) is 6.33. The number of aromatic nitrogens is 1.